The van der Waals surface area contributed by atoms with Gasteiger partial charge in [0.2, 0.25) is 5.95 Å². The van der Waals surface area contributed by atoms with Crippen LogP contribution in [0.4, 0.5) is 10.7 Å². The fraction of sp³-hybridized carbons (Fsp3) is 0.688. The molecule has 7 nitrogen and oxygen atoms in total. The normalized spacial score (nSPS) is 29.9. The fourth-order valence-electron chi connectivity index (χ4n) is 3.50. The van der Waals surface area contributed by atoms with E-state index in [1.807, 2.05) is 4.90 Å². The van der Waals surface area contributed by atoms with E-state index in [2.05, 4.69) is 20.6 Å². The summed E-state index contributed by atoms with van der Waals surface area (Å²) in [5, 5.41) is 6.33. The lowest BCUT2D eigenvalue weighted by Gasteiger charge is -2.36. The van der Waals surface area contributed by atoms with E-state index in [0.29, 0.717) is 30.4 Å². The summed E-state index contributed by atoms with van der Waals surface area (Å²) in [4.78, 5) is 22.6. The van der Waals surface area contributed by atoms with Gasteiger partial charge in [-0.1, -0.05) is 0 Å². The van der Waals surface area contributed by atoms with Gasteiger partial charge < -0.3 is 20.3 Å². The van der Waals surface area contributed by atoms with Crippen molar-refractivity contribution in [1.82, 2.24) is 20.2 Å². The number of amides is 2. The molecule has 4 rings (SSSR count). The number of nitrogens with zero attached hydrogens (tertiary/aromatic N) is 3. The standard InChI is InChI=1S/C16H23N5O2/c22-16(20-12-2-3-12)21-7-4-11-10-23-14(13(11)9-21)8-19-15-17-5-1-6-18-15/h1,5-6,11-14H,2-4,7-10H2,(H,20,22)(H,17,18,19)/t11-,13-,14+/m1/s1. The molecule has 1 aromatic heterocycles. The number of likely N-dealkylation sites (tertiary alicyclic amines) is 1. The molecule has 0 radical (unpaired) electrons. The number of nitrogens with one attached hydrogen (secondary N) is 2. The first-order valence-corrected chi connectivity index (χ1v) is 8.47. The van der Waals surface area contributed by atoms with Crippen LogP contribution in [-0.2, 0) is 4.74 Å². The topological polar surface area (TPSA) is 79.4 Å². The van der Waals surface area contributed by atoms with Crippen molar-refractivity contribution in [1.29, 1.82) is 0 Å². The van der Waals surface area contributed by atoms with Crippen molar-refractivity contribution < 1.29 is 9.53 Å². The summed E-state index contributed by atoms with van der Waals surface area (Å²) >= 11 is 0. The maximum atomic E-state index is 12.3. The number of carbonyl (C=O) groups is 1. The van der Waals surface area contributed by atoms with Gasteiger partial charge in [0, 0.05) is 44.0 Å². The summed E-state index contributed by atoms with van der Waals surface area (Å²) in [5.74, 6) is 1.58. The Morgan fingerprint density at radius 1 is 1.30 bits per heavy atom. The van der Waals surface area contributed by atoms with Gasteiger partial charge in [0.25, 0.3) is 0 Å². The Hall–Kier alpha value is -1.89. The van der Waals surface area contributed by atoms with Crippen LogP contribution >= 0.6 is 0 Å². The minimum atomic E-state index is 0.0935. The predicted molar refractivity (Wildman–Crippen MR) is 85.0 cm³/mol. The number of piperidine rings is 1. The lowest BCUT2D eigenvalue weighted by molar-refractivity contribution is 0.0904. The molecule has 0 unspecified atom stereocenters. The fourth-order valence-corrected chi connectivity index (χ4v) is 3.50. The van der Waals surface area contributed by atoms with Crippen molar-refractivity contribution in [3.63, 3.8) is 0 Å². The Morgan fingerprint density at radius 3 is 2.91 bits per heavy atom. The average molecular weight is 317 g/mol. The van der Waals surface area contributed by atoms with Gasteiger partial charge in [-0.2, -0.15) is 0 Å². The third kappa shape index (κ3) is 3.39. The van der Waals surface area contributed by atoms with Gasteiger partial charge >= 0.3 is 6.03 Å². The van der Waals surface area contributed by atoms with Crippen molar-refractivity contribution in [3.8, 4) is 0 Å². The molecule has 3 atom stereocenters. The minimum absolute atomic E-state index is 0.0935. The molecule has 7 heteroatoms. The van der Waals surface area contributed by atoms with Crippen LogP contribution in [0.1, 0.15) is 19.3 Å². The third-order valence-corrected chi connectivity index (χ3v) is 5.03. The van der Waals surface area contributed by atoms with Gasteiger partial charge in [0.15, 0.2) is 0 Å². The molecule has 3 fully saturated rings. The smallest absolute Gasteiger partial charge is 0.317 e. The highest BCUT2D eigenvalue weighted by Crippen LogP contribution is 2.34. The summed E-state index contributed by atoms with van der Waals surface area (Å²) < 4.78 is 5.97. The average Bonchev–Trinajstić information content (AvgIpc) is 3.31. The van der Waals surface area contributed by atoms with Crippen LogP contribution in [0.2, 0.25) is 0 Å². The number of carbonyl (C=O) groups excluding carboxylic acids is 1. The number of ether oxygens (including phenoxy) is 1. The summed E-state index contributed by atoms with van der Waals surface area (Å²) in [7, 11) is 0. The first-order chi connectivity index (χ1) is 11.3. The molecule has 1 aliphatic carbocycles. The number of rotatable bonds is 4. The minimum Gasteiger partial charge on any atom is -0.376 e. The zero-order valence-electron chi connectivity index (χ0n) is 13.1. The quantitative estimate of drug-likeness (QED) is 0.869. The second kappa shape index (κ2) is 6.31. The number of anilines is 1. The Labute approximate surface area is 135 Å². The van der Waals surface area contributed by atoms with Crippen molar-refractivity contribution in [2.75, 3.05) is 31.6 Å². The van der Waals surface area contributed by atoms with Gasteiger partial charge in [-0.25, -0.2) is 14.8 Å². The molecule has 3 aliphatic rings. The van der Waals surface area contributed by atoms with Crippen LogP contribution in [0.5, 0.6) is 0 Å². The van der Waals surface area contributed by atoms with Crippen LogP contribution in [0.3, 0.4) is 0 Å². The largest absolute Gasteiger partial charge is 0.376 e. The zero-order chi connectivity index (χ0) is 15.6. The van der Waals surface area contributed by atoms with Crippen LogP contribution in [0, 0.1) is 11.8 Å². The zero-order valence-corrected chi connectivity index (χ0v) is 13.1. The second-order valence-electron chi connectivity index (χ2n) is 6.71. The summed E-state index contributed by atoms with van der Waals surface area (Å²) in [6, 6.07) is 2.30. The molecule has 2 amide bonds. The van der Waals surface area contributed by atoms with Gasteiger partial charge in [0.05, 0.1) is 12.7 Å². The van der Waals surface area contributed by atoms with Crippen LogP contribution in [-0.4, -0.2) is 59.3 Å². The molecule has 23 heavy (non-hydrogen) atoms. The maximum absolute atomic E-state index is 12.3. The molecule has 2 aliphatic heterocycles. The van der Waals surface area contributed by atoms with Gasteiger partial charge in [-0.05, 0) is 31.2 Å². The van der Waals surface area contributed by atoms with E-state index in [9.17, 15) is 4.79 Å². The molecular weight excluding hydrogens is 294 g/mol. The van der Waals surface area contributed by atoms with E-state index in [0.717, 1.165) is 39.0 Å². The summed E-state index contributed by atoms with van der Waals surface area (Å²) in [5.41, 5.74) is 0. The van der Waals surface area contributed by atoms with E-state index in [1.54, 1.807) is 18.5 Å². The maximum Gasteiger partial charge on any atom is 0.317 e. The number of aromatic nitrogens is 2. The Kier molecular flexibility index (Phi) is 4.03. The number of hydrogen-bond acceptors (Lipinski definition) is 5. The van der Waals surface area contributed by atoms with Gasteiger partial charge in [-0.15, -0.1) is 0 Å². The van der Waals surface area contributed by atoms with Crippen LogP contribution < -0.4 is 10.6 Å². The molecule has 124 valence electrons. The number of urea groups is 1. The Morgan fingerprint density at radius 2 is 2.13 bits per heavy atom. The molecular formula is C16H23N5O2. The Bertz CT molecular complexity index is 551. The lowest BCUT2D eigenvalue weighted by Crippen LogP contribution is -2.50. The number of hydrogen-bond donors (Lipinski definition) is 2. The molecule has 2 saturated heterocycles. The van der Waals surface area contributed by atoms with Crippen molar-refractivity contribution in [2.24, 2.45) is 11.8 Å². The highest BCUT2D eigenvalue weighted by atomic mass is 16.5. The first kappa shape index (κ1) is 14.7. The van der Waals surface area contributed by atoms with Gasteiger partial charge in [-0.3, -0.25) is 0 Å². The predicted octanol–water partition coefficient (Wildman–Crippen LogP) is 1.10. The van der Waals surface area contributed by atoms with E-state index in [-0.39, 0.29) is 12.1 Å². The monoisotopic (exact) mass is 317 g/mol. The van der Waals surface area contributed by atoms with E-state index < -0.39 is 0 Å². The molecule has 1 aromatic rings. The number of fused-ring (bicyclic) bond motifs is 1. The molecule has 0 bridgehead atoms. The summed E-state index contributed by atoms with van der Waals surface area (Å²) in [6.07, 6.45) is 6.83. The highest BCUT2D eigenvalue weighted by Gasteiger charge is 2.42. The van der Waals surface area contributed by atoms with Crippen molar-refractivity contribution in [3.05, 3.63) is 18.5 Å². The summed E-state index contributed by atoms with van der Waals surface area (Å²) in [6.45, 7) is 3.10. The third-order valence-electron chi connectivity index (χ3n) is 5.03. The highest BCUT2D eigenvalue weighted by molar-refractivity contribution is 5.75. The van der Waals surface area contributed by atoms with E-state index in [4.69, 9.17) is 4.74 Å². The van der Waals surface area contributed by atoms with E-state index in [1.165, 1.54) is 0 Å². The molecule has 0 spiro atoms. The van der Waals surface area contributed by atoms with Crippen molar-refractivity contribution >= 4 is 12.0 Å². The second-order valence-corrected chi connectivity index (χ2v) is 6.71. The molecule has 2 N–H and O–H groups in total. The lowest BCUT2D eigenvalue weighted by atomic mass is 9.84. The SMILES string of the molecule is O=C(NC1CC1)N1CC[C@@H]2CO[C@@H](CNc3ncccn3)[C@@H]2C1. The molecule has 3 heterocycles. The molecule has 1 saturated carbocycles. The molecule has 0 aromatic carbocycles. The first-order valence-electron chi connectivity index (χ1n) is 8.47. The van der Waals surface area contributed by atoms with Crippen LogP contribution in [0.15, 0.2) is 18.5 Å². The van der Waals surface area contributed by atoms with Gasteiger partial charge in [0.1, 0.15) is 0 Å². The van der Waals surface area contributed by atoms with Crippen LogP contribution in [0.25, 0.3) is 0 Å². The Balaban J connectivity index is 1.33. The van der Waals surface area contributed by atoms with Crippen molar-refractivity contribution in [2.45, 2.75) is 31.4 Å². The van der Waals surface area contributed by atoms with E-state index >= 15 is 0 Å².